The average Bonchev–Trinajstić information content (AvgIpc) is 2.57. The molecule has 0 aliphatic carbocycles. The average molecular weight is 308 g/mol. The van der Waals surface area contributed by atoms with Crippen molar-refractivity contribution >= 4 is 17.5 Å². The van der Waals surface area contributed by atoms with Crippen LogP contribution in [0, 0.1) is 12.7 Å². The normalized spacial score (nSPS) is 10.3. The molecule has 0 saturated carbocycles. The Morgan fingerprint density at radius 2 is 1.70 bits per heavy atom. The zero-order valence-corrected chi connectivity index (χ0v) is 12.8. The standard InChI is InChI=1S/C18H17FN4/c1-13-2-8-16(9-3-13)22-18-20-11-10-17(23-18)21-12-14-4-6-15(19)7-5-14/h2-11H,12H2,1H3,(H2,20,21,22,23). The van der Waals surface area contributed by atoms with Gasteiger partial charge in [-0.1, -0.05) is 29.8 Å². The van der Waals surface area contributed by atoms with Crippen LogP contribution in [0.3, 0.4) is 0 Å². The summed E-state index contributed by atoms with van der Waals surface area (Å²) in [5.74, 6) is 0.997. The Labute approximate surface area is 134 Å². The number of aryl methyl sites for hydroxylation is 1. The number of halogens is 1. The lowest BCUT2D eigenvalue weighted by molar-refractivity contribution is 0.627. The van der Waals surface area contributed by atoms with E-state index in [9.17, 15) is 4.39 Å². The molecule has 0 fully saturated rings. The molecule has 4 nitrogen and oxygen atoms in total. The van der Waals surface area contributed by atoms with Gasteiger partial charge in [0, 0.05) is 18.4 Å². The largest absolute Gasteiger partial charge is 0.366 e. The maximum Gasteiger partial charge on any atom is 0.229 e. The van der Waals surface area contributed by atoms with Gasteiger partial charge in [-0.25, -0.2) is 9.37 Å². The van der Waals surface area contributed by atoms with E-state index >= 15 is 0 Å². The number of rotatable bonds is 5. The number of nitrogens with zero attached hydrogens (tertiary/aromatic N) is 2. The zero-order chi connectivity index (χ0) is 16.1. The van der Waals surface area contributed by atoms with Gasteiger partial charge < -0.3 is 10.6 Å². The minimum atomic E-state index is -0.236. The number of anilines is 3. The molecule has 3 rings (SSSR count). The van der Waals surface area contributed by atoms with Crippen molar-refractivity contribution in [2.75, 3.05) is 10.6 Å². The Kier molecular flexibility index (Phi) is 4.47. The molecule has 0 bridgehead atoms. The van der Waals surface area contributed by atoms with Crippen LogP contribution in [0.5, 0.6) is 0 Å². The van der Waals surface area contributed by atoms with Crippen LogP contribution in [0.2, 0.25) is 0 Å². The fourth-order valence-electron chi connectivity index (χ4n) is 2.08. The molecule has 5 heteroatoms. The number of hydrogen-bond acceptors (Lipinski definition) is 4. The lowest BCUT2D eigenvalue weighted by Crippen LogP contribution is -2.04. The number of hydrogen-bond donors (Lipinski definition) is 2. The molecule has 0 unspecified atom stereocenters. The summed E-state index contributed by atoms with van der Waals surface area (Å²) in [6.07, 6.45) is 1.69. The van der Waals surface area contributed by atoms with Gasteiger partial charge in [0.25, 0.3) is 0 Å². The Morgan fingerprint density at radius 3 is 2.43 bits per heavy atom. The van der Waals surface area contributed by atoms with Crippen LogP contribution >= 0.6 is 0 Å². The predicted octanol–water partition coefficient (Wildman–Crippen LogP) is 4.28. The van der Waals surface area contributed by atoms with E-state index in [1.807, 2.05) is 31.2 Å². The second-order valence-electron chi connectivity index (χ2n) is 5.24. The first kappa shape index (κ1) is 15.0. The first-order valence-corrected chi connectivity index (χ1v) is 7.34. The second kappa shape index (κ2) is 6.87. The van der Waals surface area contributed by atoms with Crippen LogP contribution in [0.1, 0.15) is 11.1 Å². The number of benzene rings is 2. The van der Waals surface area contributed by atoms with Gasteiger partial charge in [-0.05, 0) is 42.8 Å². The Morgan fingerprint density at radius 1 is 0.957 bits per heavy atom. The van der Waals surface area contributed by atoms with Crippen LogP contribution in [-0.4, -0.2) is 9.97 Å². The SMILES string of the molecule is Cc1ccc(Nc2nccc(NCc3ccc(F)cc3)n2)cc1. The minimum absolute atomic E-state index is 0.236. The molecule has 2 aromatic carbocycles. The van der Waals surface area contributed by atoms with Gasteiger partial charge in [0.05, 0.1) is 0 Å². The molecule has 0 radical (unpaired) electrons. The fraction of sp³-hybridized carbons (Fsp3) is 0.111. The van der Waals surface area contributed by atoms with Crippen LogP contribution < -0.4 is 10.6 Å². The number of aromatic nitrogens is 2. The molecule has 23 heavy (non-hydrogen) atoms. The van der Waals surface area contributed by atoms with Crippen molar-refractivity contribution < 1.29 is 4.39 Å². The van der Waals surface area contributed by atoms with Gasteiger partial charge in [-0.15, -0.1) is 0 Å². The zero-order valence-electron chi connectivity index (χ0n) is 12.8. The number of nitrogens with one attached hydrogen (secondary N) is 2. The van der Waals surface area contributed by atoms with Crippen molar-refractivity contribution in [2.45, 2.75) is 13.5 Å². The van der Waals surface area contributed by atoms with Gasteiger partial charge in [-0.2, -0.15) is 4.98 Å². The molecule has 0 atom stereocenters. The third-order valence-corrected chi connectivity index (χ3v) is 3.35. The van der Waals surface area contributed by atoms with Crippen LogP contribution in [-0.2, 0) is 6.54 Å². The molecule has 0 aliphatic rings. The molecule has 0 aliphatic heterocycles. The van der Waals surface area contributed by atoms with Gasteiger partial charge in [-0.3, -0.25) is 0 Å². The summed E-state index contributed by atoms with van der Waals surface area (Å²) in [4.78, 5) is 8.63. The molecular weight excluding hydrogens is 291 g/mol. The van der Waals surface area contributed by atoms with Gasteiger partial charge in [0.15, 0.2) is 0 Å². The molecule has 2 N–H and O–H groups in total. The van der Waals surface area contributed by atoms with Gasteiger partial charge in [0.1, 0.15) is 11.6 Å². The molecule has 1 heterocycles. The first-order valence-electron chi connectivity index (χ1n) is 7.34. The lowest BCUT2D eigenvalue weighted by Gasteiger charge is -2.09. The summed E-state index contributed by atoms with van der Waals surface area (Å²) in [7, 11) is 0. The van der Waals surface area contributed by atoms with E-state index in [0.29, 0.717) is 18.3 Å². The highest BCUT2D eigenvalue weighted by Gasteiger charge is 2.01. The van der Waals surface area contributed by atoms with E-state index in [2.05, 4.69) is 20.6 Å². The summed E-state index contributed by atoms with van der Waals surface area (Å²) in [5.41, 5.74) is 3.12. The summed E-state index contributed by atoms with van der Waals surface area (Å²) in [5, 5.41) is 6.37. The Bertz CT molecular complexity index is 770. The van der Waals surface area contributed by atoms with Crippen molar-refractivity contribution in [3.05, 3.63) is 77.7 Å². The summed E-state index contributed by atoms with van der Waals surface area (Å²) in [6.45, 7) is 2.61. The smallest absolute Gasteiger partial charge is 0.229 e. The van der Waals surface area contributed by atoms with Crippen LogP contribution in [0.25, 0.3) is 0 Å². The van der Waals surface area contributed by atoms with Gasteiger partial charge >= 0.3 is 0 Å². The van der Waals surface area contributed by atoms with Crippen LogP contribution in [0.4, 0.5) is 21.8 Å². The summed E-state index contributed by atoms with van der Waals surface area (Å²) < 4.78 is 12.9. The van der Waals surface area contributed by atoms with E-state index in [0.717, 1.165) is 11.3 Å². The second-order valence-corrected chi connectivity index (χ2v) is 5.24. The van der Waals surface area contributed by atoms with E-state index in [4.69, 9.17) is 0 Å². The molecular formula is C18H17FN4. The van der Waals surface area contributed by atoms with Crippen LogP contribution in [0.15, 0.2) is 60.8 Å². The first-order chi connectivity index (χ1) is 11.2. The molecule has 0 amide bonds. The molecule has 0 saturated heterocycles. The van der Waals surface area contributed by atoms with E-state index in [-0.39, 0.29) is 5.82 Å². The maximum atomic E-state index is 12.9. The summed E-state index contributed by atoms with van der Waals surface area (Å²) >= 11 is 0. The third kappa shape index (κ3) is 4.26. The highest BCUT2D eigenvalue weighted by atomic mass is 19.1. The van der Waals surface area contributed by atoms with Gasteiger partial charge in [0.2, 0.25) is 5.95 Å². The van der Waals surface area contributed by atoms with Crippen molar-refractivity contribution in [3.8, 4) is 0 Å². The molecule has 3 aromatic rings. The molecule has 0 spiro atoms. The monoisotopic (exact) mass is 308 g/mol. The van der Waals surface area contributed by atoms with E-state index < -0.39 is 0 Å². The lowest BCUT2D eigenvalue weighted by atomic mass is 10.2. The van der Waals surface area contributed by atoms with Crippen molar-refractivity contribution in [1.82, 2.24) is 9.97 Å². The molecule has 1 aromatic heterocycles. The van der Waals surface area contributed by atoms with E-state index in [1.165, 1.54) is 17.7 Å². The molecule has 116 valence electrons. The predicted molar refractivity (Wildman–Crippen MR) is 90.2 cm³/mol. The third-order valence-electron chi connectivity index (χ3n) is 3.35. The topological polar surface area (TPSA) is 49.8 Å². The Balaban J connectivity index is 1.65. The summed E-state index contributed by atoms with van der Waals surface area (Å²) in [6, 6.07) is 16.2. The van der Waals surface area contributed by atoms with Crippen molar-refractivity contribution in [3.63, 3.8) is 0 Å². The fourth-order valence-corrected chi connectivity index (χ4v) is 2.08. The highest BCUT2D eigenvalue weighted by Crippen LogP contribution is 2.15. The Hall–Kier alpha value is -2.95. The highest BCUT2D eigenvalue weighted by molar-refractivity contribution is 5.55. The maximum absolute atomic E-state index is 12.9. The minimum Gasteiger partial charge on any atom is -0.366 e. The van der Waals surface area contributed by atoms with E-state index in [1.54, 1.807) is 24.4 Å². The van der Waals surface area contributed by atoms with Crippen molar-refractivity contribution in [1.29, 1.82) is 0 Å². The van der Waals surface area contributed by atoms with Crippen molar-refractivity contribution in [2.24, 2.45) is 0 Å². The quantitative estimate of drug-likeness (QED) is 0.738.